The number of rotatable bonds is 10. The second kappa shape index (κ2) is 17.6. The van der Waals surface area contributed by atoms with Crippen molar-refractivity contribution in [1.82, 2.24) is 0 Å². The minimum absolute atomic E-state index is 0.285. The van der Waals surface area contributed by atoms with Crippen LogP contribution < -0.4 is 14.2 Å². The second-order valence-electron chi connectivity index (χ2n) is 10.0. The number of para-hydroxylation sites is 1. The Kier molecular flexibility index (Phi) is 13.8. The van der Waals surface area contributed by atoms with Crippen LogP contribution in [0.5, 0.6) is 17.2 Å². The van der Waals surface area contributed by atoms with Gasteiger partial charge in [0.15, 0.2) is 0 Å². The monoisotopic (exact) mass is 550 g/mol. The van der Waals surface area contributed by atoms with Gasteiger partial charge in [-0.3, -0.25) is 0 Å². The predicted octanol–water partition coefficient (Wildman–Crippen LogP) is 7.51. The molecule has 6 heteroatoms. The zero-order chi connectivity index (χ0) is 28.6. The van der Waals surface area contributed by atoms with Crippen LogP contribution in [0, 0.1) is 6.92 Å². The van der Waals surface area contributed by atoms with Gasteiger partial charge in [0.05, 0.1) is 19.8 Å². The third kappa shape index (κ3) is 12.9. The molecule has 0 spiro atoms. The predicted molar refractivity (Wildman–Crippen MR) is 161 cm³/mol. The van der Waals surface area contributed by atoms with E-state index in [1.54, 1.807) is 0 Å². The summed E-state index contributed by atoms with van der Waals surface area (Å²) >= 11 is 0. The first-order chi connectivity index (χ1) is 19.6. The number of aryl methyl sites for hydroxylation is 1. The fourth-order valence-electron chi connectivity index (χ4n) is 3.26. The lowest BCUT2D eigenvalue weighted by Crippen LogP contribution is -2.04. The highest BCUT2D eigenvalue weighted by molar-refractivity contribution is 5.64. The Bertz CT molecular complexity index is 1010. The molecular weight excluding hydrogens is 504 g/mol. The summed E-state index contributed by atoms with van der Waals surface area (Å²) in [7, 11) is 0. The first kappa shape index (κ1) is 31.5. The van der Waals surface area contributed by atoms with Crippen molar-refractivity contribution in [3.8, 4) is 28.4 Å². The first-order valence-corrected chi connectivity index (χ1v) is 14.5. The van der Waals surface area contributed by atoms with E-state index < -0.39 is 0 Å². The number of ether oxygens (including phenoxy) is 6. The molecule has 0 saturated carbocycles. The second-order valence-corrected chi connectivity index (χ2v) is 10.0. The van der Waals surface area contributed by atoms with Crippen LogP contribution in [0.25, 0.3) is 11.1 Å². The van der Waals surface area contributed by atoms with Crippen LogP contribution >= 0.6 is 0 Å². The Labute approximate surface area is 240 Å². The van der Waals surface area contributed by atoms with Gasteiger partial charge in [0.2, 0.25) is 0 Å². The maximum absolute atomic E-state index is 5.64. The van der Waals surface area contributed by atoms with Crippen molar-refractivity contribution in [2.45, 2.75) is 65.8 Å². The quantitative estimate of drug-likeness (QED) is 0.243. The van der Waals surface area contributed by atoms with Gasteiger partial charge >= 0.3 is 0 Å². The average molecular weight is 551 g/mol. The van der Waals surface area contributed by atoms with E-state index in [0.29, 0.717) is 25.9 Å². The van der Waals surface area contributed by atoms with Gasteiger partial charge in [0, 0.05) is 0 Å². The number of hydrogen-bond donors (Lipinski definition) is 0. The lowest BCUT2D eigenvalue weighted by atomic mass is 10.1. The molecule has 6 nitrogen and oxygen atoms in total. The van der Waals surface area contributed by atoms with E-state index in [1.165, 1.54) is 18.4 Å². The van der Waals surface area contributed by atoms with Gasteiger partial charge in [-0.2, -0.15) is 0 Å². The van der Waals surface area contributed by atoms with Crippen LogP contribution in [0.2, 0.25) is 0 Å². The molecule has 0 N–H and O–H groups in total. The summed E-state index contributed by atoms with van der Waals surface area (Å²) in [6.45, 7) is 15.0. The van der Waals surface area contributed by atoms with E-state index in [0.717, 1.165) is 48.2 Å². The molecule has 3 heterocycles. The molecule has 3 unspecified atom stereocenters. The van der Waals surface area contributed by atoms with Gasteiger partial charge in [-0.15, -0.1) is 0 Å². The highest BCUT2D eigenvalue weighted by atomic mass is 16.6. The third-order valence-corrected chi connectivity index (χ3v) is 5.64. The molecule has 6 rings (SSSR count). The van der Waals surface area contributed by atoms with Gasteiger partial charge in [0.1, 0.15) is 55.4 Å². The molecule has 3 fully saturated rings. The molecule has 0 aromatic heterocycles. The summed E-state index contributed by atoms with van der Waals surface area (Å²) in [6.07, 6.45) is 3.41. The maximum Gasteiger partial charge on any atom is 0.122 e. The highest BCUT2D eigenvalue weighted by Gasteiger charge is 2.24. The molecular formula is C34H46O6. The molecule has 0 radical (unpaired) electrons. The Balaban J connectivity index is 0.000000206. The fourth-order valence-corrected chi connectivity index (χ4v) is 3.26. The standard InChI is InChI=1S/C18H18O4.C10H12O2.2C3H8/c1-5-15(19-9-17-11-21-17)6-2-13(1)14-3-7-16(8-4-14)20-10-18-12-22-18;1-8-4-2-3-5-10(8)12-7-9-6-11-9;2*1-3-2/h1-8,17-18H,9-12H2;2-5,9H,6-7H2,1H3;2*3H2,1-2H3. The first-order valence-electron chi connectivity index (χ1n) is 14.5. The van der Waals surface area contributed by atoms with Crippen molar-refractivity contribution < 1.29 is 28.4 Å². The van der Waals surface area contributed by atoms with E-state index in [1.807, 2.05) is 55.5 Å². The van der Waals surface area contributed by atoms with Gasteiger partial charge in [-0.05, 0) is 53.9 Å². The van der Waals surface area contributed by atoms with E-state index >= 15 is 0 Å². The van der Waals surface area contributed by atoms with Crippen molar-refractivity contribution in [2.75, 3.05) is 39.6 Å². The maximum atomic E-state index is 5.64. The molecule has 3 saturated heterocycles. The van der Waals surface area contributed by atoms with E-state index in [9.17, 15) is 0 Å². The SMILES string of the molecule is CCC.CCC.Cc1ccccc1OCC1CO1.c1cc(-c2ccc(OCC3CO3)cc2)ccc1OCC1CO1. The lowest BCUT2D eigenvalue weighted by molar-refractivity contribution is 0.262. The lowest BCUT2D eigenvalue weighted by Gasteiger charge is -2.08. The van der Waals surface area contributed by atoms with Crippen LogP contribution in [0.1, 0.15) is 46.1 Å². The third-order valence-electron chi connectivity index (χ3n) is 5.64. The van der Waals surface area contributed by atoms with E-state index in [4.69, 9.17) is 28.4 Å². The molecule has 0 amide bonds. The van der Waals surface area contributed by atoms with Crippen LogP contribution in [0.4, 0.5) is 0 Å². The molecule has 0 bridgehead atoms. The average Bonchev–Trinajstić information content (AvgIpc) is 3.83. The molecule has 3 aliphatic heterocycles. The van der Waals surface area contributed by atoms with E-state index in [-0.39, 0.29) is 12.2 Å². The summed E-state index contributed by atoms with van der Waals surface area (Å²) in [6, 6.07) is 24.3. The van der Waals surface area contributed by atoms with E-state index in [2.05, 4.69) is 52.0 Å². The van der Waals surface area contributed by atoms with Gasteiger partial charge in [0.25, 0.3) is 0 Å². The summed E-state index contributed by atoms with van der Waals surface area (Å²) in [5.41, 5.74) is 3.50. The number of epoxide rings is 3. The van der Waals surface area contributed by atoms with Crippen LogP contribution in [0.15, 0.2) is 72.8 Å². The van der Waals surface area contributed by atoms with Gasteiger partial charge in [-0.1, -0.05) is 83.0 Å². The van der Waals surface area contributed by atoms with Crippen molar-refractivity contribution in [1.29, 1.82) is 0 Å². The molecule has 3 aliphatic rings. The zero-order valence-corrected chi connectivity index (χ0v) is 24.8. The Morgan fingerprint density at radius 3 is 1.25 bits per heavy atom. The normalized spacial score (nSPS) is 19.3. The zero-order valence-electron chi connectivity index (χ0n) is 24.8. The van der Waals surface area contributed by atoms with Crippen molar-refractivity contribution in [3.63, 3.8) is 0 Å². The van der Waals surface area contributed by atoms with Crippen molar-refractivity contribution >= 4 is 0 Å². The van der Waals surface area contributed by atoms with Gasteiger partial charge < -0.3 is 28.4 Å². The smallest absolute Gasteiger partial charge is 0.122 e. The summed E-state index contributed by atoms with van der Waals surface area (Å²) in [4.78, 5) is 0. The highest BCUT2D eigenvalue weighted by Crippen LogP contribution is 2.25. The molecule has 40 heavy (non-hydrogen) atoms. The minimum atomic E-state index is 0.285. The summed E-state index contributed by atoms with van der Waals surface area (Å²) < 4.78 is 32.1. The molecule has 3 atom stereocenters. The minimum Gasteiger partial charge on any atom is -0.491 e. The van der Waals surface area contributed by atoms with Crippen molar-refractivity contribution in [2.24, 2.45) is 0 Å². The van der Waals surface area contributed by atoms with Crippen LogP contribution in [-0.2, 0) is 14.2 Å². The summed E-state index contributed by atoms with van der Waals surface area (Å²) in [5, 5.41) is 0. The Morgan fingerprint density at radius 2 is 0.900 bits per heavy atom. The van der Waals surface area contributed by atoms with Crippen LogP contribution in [-0.4, -0.2) is 58.0 Å². The van der Waals surface area contributed by atoms with Crippen LogP contribution in [0.3, 0.4) is 0 Å². The molecule has 3 aromatic rings. The molecule has 0 aliphatic carbocycles. The van der Waals surface area contributed by atoms with Crippen molar-refractivity contribution in [3.05, 3.63) is 78.4 Å². The summed E-state index contributed by atoms with van der Waals surface area (Å²) in [5.74, 6) is 2.72. The van der Waals surface area contributed by atoms with Gasteiger partial charge in [-0.25, -0.2) is 0 Å². The largest absolute Gasteiger partial charge is 0.491 e. The molecule has 3 aromatic carbocycles. The number of benzene rings is 3. The topological polar surface area (TPSA) is 65.3 Å². The fraction of sp³-hybridized carbons (Fsp3) is 0.471. The Hall–Kier alpha value is -3.06. The molecule has 218 valence electrons. The Morgan fingerprint density at radius 1 is 0.550 bits per heavy atom. The number of hydrogen-bond acceptors (Lipinski definition) is 6.